The molecule has 0 radical (unpaired) electrons. The minimum absolute atomic E-state index is 0.273. The average molecular weight is 361 g/mol. The van der Waals surface area contributed by atoms with E-state index in [0.29, 0.717) is 22.9 Å². The number of hydrogen-bond donors (Lipinski definition) is 2. The van der Waals surface area contributed by atoms with Crippen LogP contribution in [-0.2, 0) is 0 Å². The van der Waals surface area contributed by atoms with E-state index in [9.17, 15) is 4.79 Å². The third kappa shape index (κ3) is 5.14. The van der Waals surface area contributed by atoms with Crippen LogP contribution >= 0.6 is 0 Å². The lowest BCUT2D eigenvalue weighted by molar-refractivity contribution is 0.102. The van der Waals surface area contributed by atoms with Gasteiger partial charge in [-0.1, -0.05) is 23.8 Å². The number of allylic oxidation sites excluding steroid dienone is 1. The van der Waals surface area contributed by atoms with Gasteiger partial charge in [0.05, 0.1) is 11.3 Å². The maximum atomic E-state index is 12.6. The highest BCUT2D eigenvalue weighted by Gasteiger charge is 2.13. The second-order valence-electron chi connectivity index (χ2n) is 6.61. The first-order valence-corrected chi connectivity index (χ1v) is 9.23. The Morgan fingerprint density at radius 3 is 2.89 bits per heavy atom. The van der Waals surface area contributed by atoms with Gasteiger partial charge in [0.15, 0.2) is 0 Å². The predicted molar refractivity (Wildman–Crippen MR) is 106 cm³/mol. The van der Waals surface area contributed by atoms with Crippen LogP contribution in [0, 0.1) is 18.3 Å². The van der Waals surface area contributed by atoms with Crippen molar-refractivity contribution in [3.63, 3.8) is 0 Å². The maximum Gasteiger partial charge on any atom is 0.274 e. The van der Waals surface area contributed by atoms with Crippen LogP contribution in [0.3, 0.4) is 0 Å². The van der Waals surface area contributed by atoms with Crippen LogP contribution < -0.4 is 10.6 Å². The van der Waals surface area contributed by atoms with Crippen molar-refractivity contribution < 1.29 is 4.79 Å². The van der Waals surface area contributed by atoms with Gasteiger partial charge >= 0.3 is 0 Å². The van der Waals surface area contributed by atoms with E-state index < -0.39 is 0 Å². The summed E-state index contributed by atoms with van der Waals surface area (Å²) in [5.41, 5.74) is 3.35. The van der Waals surface area contributed by atoms with Crippen molar-refractivity contribution in [2.75, 3.05) is 17.2 Å². The van der Waals surface area contributed by atoms with E-state index in [-0.39, 0.29) is 11.6 Å². The summed E-state index contributed by atoms with van der Waals surface area (Å²) in [5, 5.41) is 15.1. The number of aryl methyl sites for hydroxylation is 1. The van der Waals surface area contributed by atoms with Crippen molar-refractivity contribution >= 4 is 17.5 Å². The van der Waals surface area contributed by atoms with Crippen molar-refractivity contribution in [3.05, 3.63) is 58.9 Å². The van der Waals surface area contributed by atoms with E-state index in [1.165, 1.54) is 31.3 Å². The number of nitrogens with zero attached hydrogens (tertiary/aromatic N) is 3. The van der Waals surface area contributed by atoms with Crippen LogP contribution in [0.15, 0.2) is 42.0 Å². The van der Waals surface area contributed by atoms with Gasteiger partial charge in [-0.3, -0.25) is 4.79 Å². The van der Waals surface area contributed by atoms with Crippen molar-refractivity contribution in [2.24, 2.45) is 0 Å². The molecular formula is C21H23N5O. The summed E-state index contributed by atoms with van der Waals surface area (Å²) in [4.78, 5) is 21.3. The summed E-state index contributed by atoms with van der Waals surface area (Å²) < 4.78 is 0. The van der Waals surface area contributed by atoms with Crippen LogP contribution in [0.2, 0.25) is 0 Å². The Hall–Kier alpha value is -3.20. The molecule has 0 aliphatic heterocycles. The van der Waals surface area contributed by atoms with Crippen LogP contribution in [0.5, 0.6) is 0 Å². The van der Waals surface area contributed by atoms with Crippen molar-refractivity contribution in [3.8, 4) is 6.07 Å². The van der Waals surface area contributed by atoms with Gasteiger partial charge < -0.3 is 10.6 Å². The first-order chi connectivity index (χ1) is 13.2. The Balaban J connectivity index is 1.66. The number of aromatic nitrogens is 2. The minimum Gasteiger partial charge on any atom is -0.354 e. The van der Waals surface area contributed by atoms with Crippen LogP contribution in [-0.4, -0.2) is 22.4 Å². The van der Waals surface area contributed by atoms with Gasteiger partial charge in [-0.15, -0.1) is 0 Å². The molecule has 27 heavy (non-hydrogen) atoms. The molecule has 0 saturated heterocycles. The molecule has 0 bridgehead atoms. The Morgan fingerprint density at radius 2 is 2.11 bits per heavy atom. The second-order valence-corrected chi connectivity index (χ2v) is 6.61. The zero-order valence-electron chi connectivity index (χ0n) is 15.5. The van der Waals surface area contributed by atoms with Gasteiger partial charge in [0.25, 0.3) is 5.91 Å². The molecule has 3 rings (SSSR count). The monoisotopic (exact) mass is 361 g/mol. The zero-order chi connectivity index (χ0) is 19.1. The average Bonchev–Trinajstić information content (AvgIpc) is 2.69. The molecule has 1 aliphatic rings. The smallest absolute Gasteiger partial charge is 0.274 e. The quantitative estimate of drug-likeness (QED) is 0.752. The van der Waals surface area contributed by atoms with E-state index in [2.05, 4.69) is 32.7 Å². The number of carbonyl (C=O) groups excluding carboxylic acids is 1. The van der Waals surface area contributed by atoms with E-state index in [1.807, 2.05) is 6.92 Å². The highest BCUT2D eigenvalue weighted by atomic mass is 16.1. The molecule has 0 unspecified atom stereocenters. The molecule has 6 nitrogen and oxygen atoms in total. The molecule has 1 aromatic heterocycles. The van der Waals surface area contributed by atoms with Crippen LogP contribution in [0.1, 0.15) is 53.8 Å². The van der Waals surface area contributed by atoms with Gasteiger partial charge in [0, 0.05) is 12.2 Å². The van der Waals surface area contributed by atoms with Crippen molar-refractivity contribution in [2.45, 2.75) is 39.0 Å². The molecular weight excluding hydrogens is 338 g/mol. The summed E-state index contributed by atoms with van der Waals surface area (Å²) in [6.07, 6.45) is 8.18. The minimum atomic E-state index is -0.360. The highest BCUT2D eigenvalue weighted by molar-refractivity contribution is 6.03. The molecule has 0 atom stereocenters. The molecule has 6 heteroatoms. The summed E-state index contributed by atoms with van der Waals surface area (Å²) in [6.45, 7) is 2.57. The van der Waals surface area contributed by atoms with Gasteiger partial charge in [0.2, 0.25) is 5.95 Å². The third-order valence-electron chi connectivity index (χ3n) is 4.50. The molecule has 1 aromatic carbocycles. The van der Waals surface area contributed by atoms with E-state index in [0.717, 1.165) is 13.0 Å². The SMILES string of the molecule is Cc1cc(C(=O)Nc2ccccc2C#N)nc(NCCC2=CCCCC2)n1. The van der Waals surface area contributed by atoms with E-state index >= 15 is 0 Å². The fourth-order valence-corrected chi connectivity index (χ4v) is 3.11. The zero-order valence-corrected chi connectivity index (χ0v) is 15.5. The molecule has 0 spiro atoms. The predicted octanol–water partition coefficient (Wildman–Crippen LogP) is 4.21. The molecule has 138 valence electrons. The first-order valence-electron chi connectivity index (χ1n) is 9.23. The summed E-state index contributed by atoms with van der Waals surface area (Å²) in [6, 6.07) is 10.6. The number of rotatable bonds is 6. The Labute approximate surface area is 159 Å². The van der Waals surface area contributed by atoms with Gasteiger partial charge in [-0.2, -0.15) is 5.26 Å². The summed E-state index contributed by atoms with van der Waals surface area (Å²) >= 11 is 0. The van der Waals surface area contributed by atoms with Crippen molar-refractivity contribution in [1.82, 2.24) is 9.97 Å². The number of nitrogens with one attached hydrogen (secondary N) is 2. The van der Waals surface area contributed by atoms with E-state index in [4.69, 9.17) is 5.26 Å². The summed E-state index contributed by atoms with van der Waals surface area (Å²) in [5.74, 6) is 0.0892. The number of hydrogen-bond acceptors (Lipinski definition) is 5. The number of para-hydroxylation sites is 1. The van der Waals surface area contributed by atoms with Gasteiger partial charge in [0.1, 0.15) is 11.8 Å². The fraction of sp³-hybridized carbons (Fsp3) is 0.333. The highest BCUT2D eigenvalue weighted by Crippen LogP contribution is 2.20. The first kappa shape index (κ1) is 18.6. The Morgan fingerprint density at radius 1 is 1.26 bits per heavy atom. The molecule has 2 aromatic rings. The molecule has 1 heterocycles. The Bertz CT molecular complexity index is 898. The molecule has 2 N–H and O–H groups in total. The Kier molecular flexibility index (Phi) is 6.16. The van der Waals surface area contributed by atoms with Crippen LogP contribution in [0.4, 0.5) is 11.6 Å². The number of carbonyl (C=O) groups is 1. The topological polar surface area (TPSA) is 90.7 Å². The maximum absolute atomic E-state index is 12.6. The second kappa shape index (κ2) is 8.95. The molecule has 0 saturated carbocycles. The lowest BCUT2D eigenvalue weighted by atomic mass is 9.97. The third-order valence-corrected chi connectivity index (χ3v) is 4.50. The lowest BCUT2D eigenvalue weighted by Gasteiger charge is -2.13. The van der Waals surface area contributed by atoms with Crippen LogP contribution in [0.25, 0.3) is 0 Å². The molecule has 1 aliphatic carbocycles. The number of anilines is 2. The number of amides is 1. The van der Waals surface area contributed by atoms with Gasteiger partial charge in [-0.05, 0) is 57.2 Å². The molecule has 0 fully saturated rings. The van der Waals surface area contributed by atoms with Crippen molar-refractivity contribution in [1.29, 1.82) is 5.26 Å². The van der Waals surface area contributed by atoms with Gasteiger partial charge in [-0.25, -0.2) is 9.97 Å². The molecule has 1 amide bonds. The largest absolute Gasteiger partial charge is 0.354 e. The van der Waals surface area contributed by atoms with E-state index in [1.54, 1.807) is 30.3 Å². The number of nitriles is 1. The lowest BCUT2D eigenvalue weighted by Crippen LogP contribution is -2.17. The fourth-order valence-electron chi connectivity index (χ4n) is 3.11. The summed E-state index contributed by atoms with van der Waals surface area (Å²) in [7, 11) is 0. The normalized spacial score (nSPS) is 13.4. The standard InChI is InChI=1S/C21H23N5O/c1-15-13-19(20(27)25-18-10-6-5-9-17(18)14-22)26-21(24-15)23-12-11-16-7-3-2-4-8-16/h5-7,9-10,13H,2-4,8,11-12H2,1H3,(H,25,27)(H,23,24,26). The number of benzene rings is 1.